The Morgan fingerprint density at radius 3 is 2.10 bits per heavy atom. The number of nitrogens with zero attached hydrogens (tertiary/aromatic N) is 2. The number of rotatable bonds is 6. The van der Waals surface area contributed by atoms with E-state index in [1.807, 2.05) is 24.0 Å². The predicted molar refractivity (Wildman–Crippen MR) is 127 cm³/mol. The van der Waals surface area contributed by atoms with Crippen LogP contribution in [0.15, 0.2) is 21.1 Å². The number of hydrogen-bond donors (Lipinski definition) is 1. The highest BCUT2D eigenvalue weighted by Crippen LogP contribution is 2.35. The van der Waals surface area contributed by atoms with Gasteiger partial charge in [-0.05, 0) is 107 Å². The highest BCUT2D eigenvalue weighted by Gasteiger charge is 2.32. The van der Waals surface area contributed by atoms with E-state index in [4.69, 9.17) is 4.74 Å². The van der Waals surface area contributed by atoms with E-state index < -0.39 is 0 Å². The molecule has 0 bridgehead atoms. The molecule has 1 N–H and O–H groups in total. The number of carbonyl (C=O) groups excluding carboxylic acids is 2. The van der Waals surface area contributed by atoms with Gasteiger partial charge in [-0.2, -0.15) is 0 Å². The molecule has 2 heterocycles. The highest BCUT2D eigenvalue weighted by atomic mass is 79.9. The maximum absolute atomic E-state index is 13.0. The molecule has 2 aliphatic rings. The summed E-state index contributed by atoms with van der Waals surface area (Å²) in [4.78, 5) is 28.7. The van der Waals surface area contributed by atoms with E-state index >= 15 is 0 Å². The summed E-state index contributed by atoms with van der Waals surface area (Å²) in [6.07, 6.45) is 5.02. The standard InChI is InChI=1S/C23H32Br2N2O4/c1-15(11-16-12-19(24)22(29)20(25)13-16)23(30)27-9-5-18(6-10-27)17-3-7-26(8-4-17)14-21(28)31-2/h12-13,15,17-18,29H,3-11,14H2,1-2H3/t15-/m1/s1. The number of phenols is 1. The van der Waals surface area contributed by atoms with Gasteiger partial charge in [-0.15, -0.1) is 0 Å². The lowest BCUT2D eigenvalue weighted by Crippen LogP contribution is -2.45. The Bertz CT molecular complexity index is 765. The van der Waals surface area contributed by atoms with Gasteiger partial charge < -0.3 is 14.7 Å². The number of likely N-dealkylation sites (tertiary alicyclic amines) is 2. The summed E-state index contributed by atoms with van der Waals surface area (Å²) in [6.45, 7) is 5.95. The van der Waals surface area contributed by atoms with Crippen LogP contribution in [-0.4, -0.2) is 66.6 Å². The molecule has 1 aromatic carbocycles. The minimum Gasteiger partial charge on any atom is -0.506 e. The van der Waals surface area contributed by atoms with Crippen LogP contribution < -0.4 is 0 Å². The Balaban J connectivity index is 1.45. The van der Waals surface area contributed by atoms with E-state index in [0.717, 1.165) is 57.4 Å². The molecule has 0 spiro atoms. The molecule has 172 valence electrons. The van der Waals surface area contributed by atoms with Crippen molar-refractivity contribution in [3.05, 3.63) is 26.6 Å². The van der Waals surface area contributed by atoms with E-state index in [1.54, 1.807) is 0 Å². The number of aromatic hydroxyl groups is 1. The van der Waals surface area contributed by atoms with Gasteiger partial charge in [0.25, 0.3) is 0 Å². The van der Waals surface area contributed by atoms with Crippen molar-refractivity contribution in [3.8, 4) is 5.75 Å². The topological polar surface area (TPSA) is 70.1 Å². The average Bonchev–Trinajstić information content (AvgIpc) is 2.77. The first-order valence-electron chi connectivity index (χ1n) is 11.0. The minimum atomic E-state index is -0.161. The molecule has 2 fully saturated rings. The maximum Gasteiger partial charge on any atom is 0.319 e. The lowest BCUT2D eigenvalue weighted by molar-refractivity contribution is -0.142. The van der Waals surface area contributed by atoms with Crippen molar-refractivity contribution in [2.75, 3.05) is 39.8 Å². The zero-order chi connectivity index (χ0) is 22.5. The molecule has 3 rings (SSSR count). The van der Waals surface area contributed by atoms with Gasteiger partial charge in [0, 0.05) is 19.0 Å². The summed E-state index contributed by atoms with van der Waals surface area (Å²) in [7, 11) is 1.44. The number of esters is 1. The predicted octanol–water partition coefficient (Wildman–Crippen LogP) is 4.22. The molecule has 31 heavy (non-hydrogen) atoms. The molecule has 1 atom stereocenters. The van der Waals surface area contributed by atoms with Crippen LogP contribution in [0.3, 0.4) is 0 Å². The summed E-state index contributed by atoms with van der Waals surface area (Å²) in [5.41, 5.74) is 1.02. The molecule has 2 aliphatic heterocycles. The van der Waals surface area contributed by atoms with Crippen LogP contribution in [-0.2, 0) is 20.7 Å². The fraction of sp³-hybridized carbons (Fsp3) is 0.652. The normalized spacial score (nSPS) is 19.9. The number of ether oxygens (including phenoxy) is 1. The monoisotopic (exact) mass is 558 g/mol. The number of hydrogen-bond acceptors (Lipinski definition) is 5. The van der Waals surface area contributed by atoms with Crippen molar-refractivity contribution >= 4 is 43.7 Å². The van der Waals surface area contributed by atoms with Gasteiger partial charge in [-0.1, -0.05) is 6.92 Å². The molecule has 8 heteroatoms. The molecule has 1 aromatic rings. The maximum atomic E-state index is 13.0. The minimum absolute atomic E-state index is 0.0959. The Labute approximate surface area is 201 Å². The van der Waals surface area contributed by atoms with Gasteiger partial charge in [-0.25, -0.2) is 0 Å². The van der Waals surface area contributed by atoms with Crippen molar-refractivity contribution in [2.45, 2.75) is 39.0 Å². The van der Waals surface area contributed by atoms with Gasteiger partial charge in [0.1, 0.15) is 5.75 Å². The Morgan fingerprint density at radius 2 is 1.58 bits per heavy atom. The molecule has 0 unspecified atom stereocenters. The fourth-order valence-electron chi connectivity index (χ4n) is 4.91. The van der Waals surface area contributed by atoms with Gasteiger partial charge in [0.05, 0.1) is 22.6 Å². The number of halogens is 2. The van der Waals surface area contributed by atoms with Crippen molar-refractivity contribution in [2.24, 2.45) is 17.8 Å². The van der Waals surface area contributed by atoms with Crippen LogP contribution in [0.2, 0.25) is 0 Å². The molecule has 0 radical (unpaired) electrons. The molecule has 1 amide bonds. The number of benzene rings is 1. The zero-order valence-electron chi connectivity index (χ0n) is 18.3. The molecular weight excluding hydrogens is 528 g/mol. The first-order chi connectivity index (χ1) is 14.8. The lowest BCUT2D eigenvalue weighted by atomic mass is 9.78. The lowest BCUT2D eigenvalue weighted by Gasteiger charge is -2.40. The van der Waals surface area contributed by atoms with Gasteiger partial charge >= 0.3 is 5.97 Å². The quantitative estimate of drug-likeness (QED) is 0.528. The molecule has 0 aromatic heterocycles. The summed E-state index contributed by atoms with van der Waals surface area (Å²) in [5, 5.41) is 9.88. The van der Waals surface area contributed by atoms with Crippen molar-refractivity contribution < 1.29 is 19.4 Å². The first kappa shape index (κ1) is 24.5. The third kappa shape index (κ3) is 6.45. The average molecular weight is 560 g/mol. The summed E-state index contributed by atoms with van der Waals surface area (Å²) in [5.74, 6) is 1.50. The van der Waals surface area contributed by atoms with Gasteiger partial charge in [0.15, 0.2) is 0 Å². The fourth-order valence-corrected chi connectivity index (χ4v) is 6.19. The molecular formula is C23H32Br2N2O4. The summed E-state index contributed by atoms with van der Waals surface area (Å²) in [6, 6.07) is 3.76. The van der Waals surface area contributed by atoms with E-state index in [1.165, 1.54) is 7.11 Å². The summed E-state index contributed by atoms with van der Waals surface area (Å²) < 4.78 is 6.04. The smallest absolute Gasteiger partial charge is 0.319 e. The van der Waals surface area contributed by atoms with Crippen LogP contribution in [0.1, 0.15) is 38.2 Å². The number of methoxy groups -OCH3 is 1. The largest absolute Gasteiger partial charge is 0.506 e. The van der Waals surface area contributed by atoms with Gasteiger partial charge in [0.2, 0.25) is 5.91 Å². The van der Waals surface area contributed by atoms with E-state index in [9.17, 15) is 14.7 Å². The SMILES string of the molecule is COC(=O)CN1CCC(C2CCN(C(=O)[C@H](C)Cc3cc(Br)c(O)c(Br)c3)CC2)CC1. The first-order valence-corrected chi connectivity index (χ1v) is 12.6. The number of phenolic OH excluding ortho intramolecular Hbond substituents is 1. The molecule has 0 saturated carbocycles. The van der Waals surface area contributed by atoms with Crippen LogP contribution >= 0.6 is 31.9 Å². The molecule has 2 saturated heterocycles. The Morgan fingerprint density at radius 1 is 1.06 bits per heavy atom. The van der Waals surface area contributed by atoms with Crippen molar-refractivity contribution in [3.63, 3.8) is 0 Å². The number of amides is 1. The van der Waals surface area contributed by atoms with E-state index in [-0.39, 0.29) is 23.5 Å². The van der Waals surface area contributed by atoms with Gasteiger partial charge in [-0.3, -0.25) is 14.5 Å². The number of piperidine rings is 2. The van der Waals surface area contributed by atoms with Crippen LogP contribution in [0, 0.1) is 17.8 Å². The van der Waals surface area contributed by atoms with Crippen LogP contribution in [0.5, 0.6) is 5.75 Å². The van der Waals surface area contributed by atoms with Crippen LogP contribution in [0.25, 0.3) is 0 Å². The van der Waals surface area contributed by atoms with Crippen molar-refractivity contribution in [1.82, 2.24) is 9.80 Å². The number of carbonyl (C=O) groups is 2. The van der Waals surface area contributed by atoms with E-state index in [2.05, 4.69) is 36.8 Å². The van der Waals surface area contributed by atoms with Crippen LogP contribution in [0.4, 0.5) is 0 Å². The summed E-state index contributed by atoms with van der Waals surface area (Å²) >= 11 is 6.72. The Hall–Kier alpha value is -1.12. The second-order valence-electron chi connectivity index (χ2n) is 8.87. The van der Waals surface area contributed by atoms with E-state index in [0.29, 0.717) is 33.7 Å². The Kier molecular flexibility index (Phi) is 8.82. The zero-order valence-corrected chi connectivity index (χ0v) is 21.5. The third-order valence-corrected chi connectivity index (χ3v) is 7.98. The highest BCUT2D eigenvalue weighted by molar-refractivity contribution is 9.11. The molecule has 6 nitrogen and oxygen atoms in total. The van der Waals surface area contributed by atoms with Crippen molar-refractivity contribution in [1.29, 1.82) is 0 Å². The second-order valence-corrected chi connectivity index (χ2v) is 10.6. The second kappa shape index (κ2) is 11.1. The molecule has 0 aliphatic carbocycles. The third-order valence-electron chi connectivity index (χ3n) is 6.77.